The Morgan fingerprint density at radius 3 is 1.92 bits per heavy atom. The van der Waals surface area contributed by atoms with E-state index >= 15 is 0 Å². The molecule has 36 heavy (non-hydrogen) atoms. The van der Waals surface area contributed by atoms with Crippen molar-refractivity contribution in [2.24, 2.45) is 11.8 Å². The molecule has 0 bridgehead atoms. The van der Waals surface area contributed by atoms with Gasteiger partial charge in [0.2, 0.25) is 0 Å². The van der Waals surface area contributed by atoms with Crippen molar-refractivity contribution in [3.63, 3.8) is 0 Å². The second-order valence-corrected chi connectivity index (χ2v) is 11.5. The number of hydrogen-bond donors (Lipinski definition) is 0. The molecule has 0 N–H and O–H groups in total. The number of allylic oxidation sites excluding steroid dienone is 7. The number of aryl methyl sites for hydroxylation is 2. The summed E-state index contributed by atoms with van der Waals surface area (Å²) in [6, 6.07) is 23.2. The lowest BCUT2D eigenvalue weighted by Crippen LogP contribution is -2.08. The van der Waals surface area contributed by atoms with Gasteiger partial charge in [0.1, 0.15) is 0 Å². The maximum absolute atomic E-state index is 2.62. The molecule has 0 aliphatic heterocycles. The van der Waals surface area contributed by atoms with E-state index in [4.69, 9.17) is 0 Å². The molecule has 0 radical (unpaired) electrons. The van der Waals surface area contributed by atoms with Crippen molar-refractivity contribution in [2.45, 2.75) is 51.4 Å². The van der Waals surface area contributed by atoms with E-state index < -0.39 is 0 Å². The Morgan fingerprint density at radius 1 is 0.528 bits per heavy atom. The Balaban J connectivity index is 1.18. The van der Waals surface area contributed by atoms with Gasteiger partial charge in [-0.25, -0.2) is 0 Å². The molecule has 1 fully saturated rings. The molecule has 2 unspecified atom stereocenters. The largest absolute Gasteiger partial charge is 0.0767 e. The van der Waals surface area contributed by atoms with Crippen LogP contribution in [-0.4, -0.2) is 0 Å². The molecule has 2 atom stereocenters. The lowest BCUT2D eigenvalue weighted by molar-refractivity contribution is 0.589. The summed E-state index contributed by atoms with van der Waals surface area (Å²) in [5.74, 6) is 1.23. The summed E-state index contributed by atoms with van der Waals surface area (Å²) in [5, 5.41) is 0. The van der Waals surface area contributed by atoms with Crippen LogP contribution < -0.4 is 0 Å². The van der Waals surface area contributed by atoms with Gasteiger partial charge in [-0.3, -0.25) is 0 Å². The van der Waals surface area contributed by atoms with E-state index in [1.54, 1.807) is 22.3 Å². The third-order valence-electron chi connectivity index (χ3n) is 9.36. The molecule has 1 saturated carbocycles. The van der Waals surface area contributed by atoms with Gasteiger partial charge in [0.25, 0.3) is 0 Å². The minimum Gasteiger partial charge on any atom is -0.0767 e. The van der Waals surface area contributed by atoms with Crippen LogP contribution in [-0.2, 0) is 19.3 Å². The SMILES string of the molecule is C1=C2CCCC2=CC2CC(c3ccccc3-c3ccccc3C3=Cc4cc5c(cc4C3)CCC5)=CC12. The lowest BCUT2D eigenvalue weighted by Gasteiger charge is -2.20. The second-order valence-electron chi connectivity index (χ2n) is 11.5. The van der Waals surface area contributed by atoms with Crippen molar-refractivity contribution in [3.8, 4) is 11.1 Å². The summed E-state index contributed by atoms with van der Waals surface area (Å²) in [6.45, 7) is 0. The highest BCUT2D eigenvalue weighted by atomic mass is 14.4. The quantitative estimate of drug-likeness (QED) is 0.363. The van der Waals surface area contributed by atoms with Crippen LogP contribution in [0, 0.1) is 11.8 Å². The van der Waals surface area contributed by atoms with Crippen molar-refractivity contribution in [2.75, 3.05) is 0 Å². The van der Waals surface area contributed by atoms with E-state index in [0.717, 1.165) is 12.8 Å². The molecule has 0 heterocycles. The van der Waals surface area contributed by atoms with E-state index in [1.165, 1.54) is 83.1 Å². The van der Waals surface area contributed by atoms with Gasteiger partial charge in [0, 0.05) is 5.92 Å². The van der Waals surface area contributed by atoms with Crippen LogP contribution in [0.2, 0.25) is 0 Å². The molecular weight excluding hydrogens is 432 g/mol. The summed E-state index contributed by atoms with van der Waals surface area (Å²) in [5.41, 5.74) is 18.0. The molecule has 5 aliphatic rings. The maximum atomic E-state index is 2.62. The van der Waals surface area contributed by atoms with Crippen LogP contribution in [0.4, 0.5) is 0 Å². The number of hydrogen-bond acceptors (Lipinski definition) is 0. The summed E-state index contributed by atoms with van der Waals surface area (Å²) in [7, 11) is 0. The minimum atomic E-state index is 0.578. The second kappa shape index (κ2) is 8.07. The van der Waals surface area contributed by atoms with Gasteiger partial charge < -0.3 is 0 Å². The highest BCUT2D eigenvalue weighted by Gasteiger charge is 2.32. The monoisotopic (exact) mass is 464 g/mol. The van der Waals surface area contributed by atoms with Crippen molar-refractivity contribution in [1.29, 1.82) is 0 Å². The van der Waals surface area contributed by atoms with Gasteiger partial charge in [-0.1, -0.05) is 85.0 Å². The zero-order valence-corrected chi connectivity index (χ0v) is 20.9. The molecule has 0 amide bonds. The summed E-state index contributed by atoms with van der Waals surface area (Å²) in [6.07, 6.45) is 20.2. The first kappa shape index (κ1) is 20.8. The van der Waals surface area contributed by atoms with Crippen molar-refractivity contribution >= 4 is 17.2 Å². The Morgan fingerprint density at radius 2 is 1.14 bits per heavy atom. The molecule has 0 aromatic heterocycles. The first-order valence-electron chi connectivity index (χ1n) is 14.0. The summed E-state index contributed by atoms with van der Waals surface area (Å²) in [4.78, 5) is 0. The van der Waals surface area contributed by atoms with Crippen LogP contribution in [0.15, 0.2) is 90.0 Å². The number of rotatable bonds is 3. The Kier molecular flexibility index (Phi) is 4.66. The molecule has 0 heteroatoms. The number of fused-ring (bicyclic) bond motifs is 4. The zero-order chi connectivity index (χ0) is 23.6. The first-order chi connectivity index (χ1) is 17.8. The van der Waals surface area contributed by atoms with Crippen molar-refractivity contribution in [3.05, 3.63) is 123 Å². The standard InChI is InChI=1S/C36H32/c1-3-13-35(33(11-1)31-19-27-15-23-7-5-8-24(23)16-28(27)20-31)36-14-4-2-12-34(36)32-21-29-17-25-9-6-10-26(25)18-30(29)22-32/h1-4,11-19,21,27-28H,5-10,20,22H2. The topological polar surface area (TPSA) is 0 Å². The molecule has 3 aromatic rings. The molecule has 5 aliphatic carbocycles. The van der Waals surface area contributed by atoms with Gasteiger partial charge in [0.15, 0.2) is 0 Å². The van der Waals surface area contributed by atoms with Gasteiger partial charge in [-0.15, -0.1) is 0 Å². The Bertz CT molecular complexity index is 1540. The average Bonchev–Trinajstić information content (AvgIpc) is 3.71. The van der Waals surface area contributed by atoms with Gasteiger partial charge in [-0.2, -0.15) is 0 Å². The third kappa shape index (κ3) is 3.27. The van der Waals surface area contributed by atoms with Crippen LogP contribution in [0.1, 0.15) is 65.5 Å². The molecule has 8 rings (SSSR count). The van der Waals surface area contributed by atoms with Crippen LogP contribution >= 0.6 is 0 Å². The predicted molar refractivity (Wildman–Crippen MR) is 152 cm³/mol. The Labute approximate surface area is 214 Å². The van der Waals surface area contributed by atoms with Gasteiger partial charge in [-0.05, 0) is 124 Å². The lowest BCUT2D eigenvalue weighted by atomic mass is 9.84. The van der Waals surface area contributed by atoms with Crippen molar-refractivity contribution < 1.29 is 0 Å². The molecule has 0 spiro atoms. The minimum absolute atomic E-state index is 0.578. The number of benzene rings is 3. The van der Waals surface area contributed by atoms with Crippen LogP contribution in [0.3, 0.4) is 0 Å². The third-order valence-corrected chi connectivity index (χ3v) is 9.36. The molecule has 176 valence electrons. The summed E-state index contributed by atoms with van der Waals surface area (Å²) >= 11 is 0. The maximum Gasteiger partial charge on any atom is 0.00247 e. The van der Waals surface area contributed by atoms with Crippen molar-refractivity contribution in [1.82, 2.24) is 0 Å². The highest BCUT2D eigenvalue weighted by molar-refractivity contribution is 5.96. The van der Waals surface area contributed by atoms with E-state index in [9.17, 15) is 0 Å². The molecule has 0 saturated heterocycles. The average molecular weight is 465 g/mol. The van der Waals surface area contributed by atoms with E-state index in [1.807, 2.05) is 0 Å². The Hall–Kier alpha value is -3.38. The molecular formula is C36H32. The predicted octanol–water partition coefficient (Wildman–Crippen LogP) is 9.01. The molecule has 3 aromatic carbocycles. The van der Waals surface area contributed by atoms with Crippen LogP contribution in [0.5, 0.6) is 0 Å². The zero-order valence-electron chi connectivity index (χ0n) is 20.9. The summed E-state index contributed by atoms with van der Waals surface area (Å²) < 4.78 is 0. The fraction of sp³-hybridized carbons (Fsp3) is 0.278. The van der Waals surface area contributed by atoms with Crippen LogP contribution in [0.25, 0.3) is 28.3 Å². The smallest absolute Gasteiger partial charge is 0.00247 e. The van der Waals surface area contributed by atoms with Gasteiger partial charge >= 0.3 is 0 Å². The van der Waals surface area contributed by atoms with E-state index in [-0.39, 0.29) is 0 Å². The van der Waals surface area contributed by atoms with Gasteiger partial charge in [0.05, 0.1) is 0 Å². The van der Waals surface area contributed by atoms with E-state index in [2.05, 4.69) is 85.0 Å². The fourth-order valence-corrected chi connectivity index (χ4v) is 7.61. The fourth-order valence-electron chi connectivity index (χ4n) is 7.61. The molecule has 0 nitrogen and oxygen atoms in total. The highest BCUT2D eigenvalue weighted by Crippen LogP contribution is 2.48. The normalized spacial score (nSPS) is 23.3. The first-order valence-corrected chi connectivity index (χ1v) is 14.0. The van der Waals surface area contributed by atoms with E-state index in [0.29, 0.717) is 11.8 Å².